The van der Waals surface area contributed by atoms with Crippen molar-refractivity contribution in [1.29, 1.82) is 0 Å². The molecule has 1 aromatic heterocycles. The molecule has 0 aliphatic rings. The number of nitrogens with zero attached hydrogens (tertiary/aromatic N) is 3. The minimum atomic E-state index is -0.621. The van der Waals surface area contributed by atoms with E-state index >= 15 is 0 Å². The second-order valence-electron chi connectivity index (χ2n) is 6.03. The molecule has 0 radical (unpaired) electrons. The number of methoxy groups -OCH3 is 2. The zero-order valence-electron chi connectivity index (χ0n) is 16.2. The smallest absolute Gasteiger partial charge is 0.280 e. The molecular formula is C19H19ClN6O4. The fourth-order valence-corrected chi connectivity index (χ4v) is 2.80. The summed E-state index contributed by atoms with van der Waals surface area (Å²) >= 11 is 5.97. The highest BCUT2D eigenvalue weighted by Crippen LogP contribution is 2.28. The third-order valence-corrected chi connectivity index (χ3v) is 4.31. The number of benzene rings is 2. The molecule has 3 aromatic rings. The van der Waals surface area contributed by atoms with Gasteiger partial charge in [-0.3, -0.25) is 9.59 Å². The number of para-hydroxylation sites is 2. The van der Waals surface area contributed by atoms with Crippen LogP contribution in [0, 0.1) is 0 Å². The van der Waals surface area contributed by atoms with E-state index in [9.17, 15) is 9.59 Å². The quantitative estimate of drug-likeness (QED) is 0.524. The first-order chi connectivity index (χ1) is 14.4. The number of nitrogens with two attached hydrogens (primary N) is 1. The summed E-state index contributed by atoms with van der Waals surface area (Å²) in [5, 5.41) is 13.3. The monoisotopic (exact) mass is 430 g/mol. The van der Waals surface area contributed by atoms with Crippen LogP contribution in [0.4, 0.5) is 17.2 Å². The number of amides is 2. The van der Waals surface area contributed by atoms with E-state index in [1.807, 2.05) is 0 Å². The van der Waals surface area contributed by atoms with Gasteiger partial charge in [0.1, 0.15) is 18.0 Å². The van der Waals surface area contributed by atoms with Gasteiger partial charge in [-0.25, -0.2) is 4.68 Å². The number of nitrogens with one attached hydrogen (secondary N) is 2. The van der Waals surface area contributed by atoms with E-state index in [2.05, 4.69) is 20.9 Å². The molecule has 0 aliphatic carbocycles. The van der Waals surface area contributed by atoms with Crippen LogP contribution in [-0.2, 0) is 11.3 Å². The summed E-state index contributed by atoms with van der Waals surface area (Å²) in [5.41, 5.74) is 6.67. The van der Waals surface area contributed by atoms with Gasteiger partial charge in [0.05, 0.1) is 25.6 Å². The normalized spacial score (nSPS) is 10.4. The van der Waals surface area contributed by atoms with Crippen LogP contribution in [0.3, 0.4) is 0 Å². The minimum Gasteiger partial charge on any atom is -0.495 e. The lowest BCUT2D eigenvalue weighted by Gasteiger charge is -2.10. The van der Waals surface area contributed by atoms with Crippen LogP contribution < -0.4 is 25.8 Å². The molecule has 3 rings (SSSR count). The molecule has 0 unspecified atom stereocenters. The number of aromatic nitrogens is 3. The average Bonchev–Trinajstić information content (AvgIpc) is 3.08. The molecule has 2 amide bonds. The molecule has 10 nitrogen and oxygen atoms in total. The van der Waals surface area contributed by atoms with Crippen LogP contribution in [-0.4, -0.2) is 41.0 Å². The van der Waals surface area contributed by atoms with E-state index in [-0.39, 0.29) is 18.1 Å². The van der Waals surface area contributed by atoms with Crippen molar-refractivity contribution >= 4 is 40.6 Å². The van der Waals surface area contributed by atoms with Crippen LogP contribution in [0.1, 0.15) is 10.5 Å². The highest BCUT2D eigenvalue weighted by Gasteiger charge is 2.20. The van der Waals surface area contributed by atoms with Gasteiger partial charge >= 0.3 is 0 Å². The number of halogens is 1. The third kappa shape index (κ3) is 4.61. The molecule has 0 saturated carbocycles. The van der Waals surface area contributed by atoms with Crippen LogP contribution in [0.15, 0.2) is 42.5 Å². The van der Waals surface area contributed by atoms with Gasteiger partial charge in [0.2, 0.25) is 5.91 Å². The summed E-state index contributed by atoms with van der Waals surface area (Å²) < 4.78 is 11.5. The Kier molecular flexibility index (Phi) is 6.38. The molecule has 0 atom stereocenters. The summed E-state index contributed by atoms with van der Waals surface area (Å²) in [6, 6.07) is 11.7. The molecule has 156 valence electrons. The number of hydrogen-bond donors (Lipinski definition) is 3. The molecular weight excluding hydrogens is 412 g/mol. The van der Waals surface area contributed by atoms with E-state index in [0.717, 1.165) is 4.68 Å². The first kappa shape index (κ1) is 20.9. The topological polar surface area (TPSA) is 133 Å². The van der Waals surface area contributed by atoms with Crippen LogP contribution in [0.25, 0.3) is 0 Å². The second kappa shape index (κ2) is 9.14. The summed E-state index contributed by atoms with van der Waals surface area (Å²) in [7, 11) is 2.96. The zero-order chi connectivity index (χ0) is 21.7. The van der Waals surface area contributed by atoms with Gasteiger partial charge in [-0.05, 0) is 30.3 Å². The molecule has 0 saturated heterocycles. The highest BCUT2D eigenvalue weighted by atomic mass is 35.5. The summed E-state index contributed by atoms with van der Waals surface area (Å²) in [5.74, 6) is -0.185. The summed E-state index contributed by atoms with van der Waals surface area (Å²) in [4.78, 5) is 24.9. The predicted molar refractivity (Wildman–Crippen MR) is 112 cm³/mol. The molecule has 30 heavy (non-hydrogen) atoms. The van der Waals surface area contributed by atoms with E-state index in [1.54, 1.807) is 36.4 Å². The fourth-order valence-electron chi connectivity index (χ4n) is 2.63. The van der Waals surface area contributed by atoms with Gasteiger partial charge in [-0.2, -0.15) is 0 Å². The van der Waals surface area contributed by atoms with E-state index in [4.69, 9.17) is 26.8 Å². The molecule has 0 spiro atoms. The van der Waals surface area contributed by atoms with Gasteiger partial charge in [0, 0.05) is 5.02 Å². The Morgan fingerprint density at radius 2 is 1.77 bits per heavy atom. The Labute approximate surface area is 176 Å². The first-order valence-electron chi connectivity index (χ1n) is 8.69. The van der Waals surface area contributed by atoms with Crippen molar-refractivity contribution in [2.75, 3.05) is 30.6 Å². The van der Waals surface area contributed by atoms with E-state index < -0.39 is 11.8 Å². The number of ether oxygens (including phenoxy) is 2. The van der Waals surface area contributed by atoms with Crippen molar-refractivity contribution in [3.05, 3.63) is 53.2 Å². The van der Waals surface area contributed by atoms with Crippen LogP contribution in [0.5, 0.6) is 11.5 Å². The first-order valence-corrected chi connectivity index (χ1v) is 9.07. The van der Waals surface area contributed by atoms with Crippen molar-refractivity contribution in [2.24, 2.45) is 0 Å². The van der Waals surface area contributed by atoms with Crippen LogP contribution in [0.2, 0.25) is 5.02 Å². The third-order valence-electron chi connectivity index (χ3n) is 4.07. The molecule has 11 heteroatoms. The number of carbonyl (C=O) groups is 2. The highest BCUT2D eigenvalue weighted by molar-refractivity contribution is 6.31. The summed E-state index contributed by atoms with van der Waals surface area (Å²) in [6.45, 7) is -0.245. The maximum Gasteiger partial charge on any atom is 0.280 e. The number of rotatable bonds is 7. The van der Waals surface area contributed by atoms with Crippen molar-refractivity contribution in [2.45, 2.75) is 6.54 Å². The number of anilines is 3. The van der Waals surface area contributed by atoms with E-state index in [1.165, 1.54) is 20.3 Å². The van der Waals surface area contributed by atoms with Crippen LogP contribution >= 0.6 is 11.6 Å². The zero-order valence-corrected chi connectivity index (χ0v) is 16.9. The summed E-state index contributed by atoms with van der Waals surface area (Å²) in [6.07, 6.45) is 0. The SMILES string of the molecule is COc1ccccc1NC(=O)Cn1nnc(C(=O)Nc2cc(Cl)ccc2OC)c1N. The van der Waals surface area contributed by atoms with E-state index in [0.29, 0.717) is 27.9 Å². The maximum absolute atomic E-state index is 12.6. The largest absolute Gasteiger partial charge is 0.495 e. The molecule has 4 N–H and O–H groups in total. The Morgan fingerprint density at radius 1 is 1.07 bits per heavy atom. The Morgan fingerprint density at radius 3 is 2.50 bits per heavy atom. The standard InChI is InChI=1S/C19H19ClN6O4/c1-29-14-6-4-3-5-12(14)22-16(27)10-26-18(21)17(24-25-26)19(28)23-13-9-11(20)7-8-15(13)30-2/h3-9H,10,21H2,1-2H3,(H,22,27)(H,23,28). The Bertz CT molecular complexity index is 1080. The average molecular weight is 431 g/mol. The fraction of sp³-hybridized carbons (Fsp3) is 0.158. The second-order valence-corrected chi connectivity index (χ2v) is 6.46. The lowest BCUT2D eigenvalue weighted by atomic mass is 10.2. The van der Waals surface area contributed by atoms with Gasteiger partial charge in [-0.1, -0.05) is 28.9 Å². The van der Waals surface area contributed by atoms with Gasteiger partial charge in [-0.15, -0.1) is 5.10 Å². The van der Waals surface area contributed by atoms with Crippen molar-refractivity contribution < 1.29 is 19.1 Å². The molecule has 0 aliphatic heterocycles. The Hall–Kier alpha value is -3.79. The van der Waals surface area contributed by atoms with Crippen molar-refractivity contribution in [3.63, 3.8) is 0 Å². The maximum atomic E-state index is 12.6. The van der Waals surface area contributed by atoms with Gasteiger partial charge < -0.3 is 25.8 Å². The van der Waals surface area contributed by atoms with Crippen molar-refractivity contribution in [1.82, 2.24) is 15.0 Å². The molecule has 0 fully saturated rings. The van der Waals surface area contributed by atoms with Gasteiger partial charge in [0.15, 0.2) is 11.5 Å². The molecule has 1 heterocycles. The van der Waals surface area contributed by atoms with Crippen molar-refractivity contribution in [3.8, 4) is 11.5 Å². The number of carbonyl (C=O) groups excluding carboxylic acids is 2. The molecule has 2 aromatic carbocycles. The lowest BCUT2D eigenvalue weighted by molar-refractivity contribution is -0.116. The Balaban J connectivity index is 1.72. The number of hydrogen-bond acceptors (Lipinski definition) is 7. The van der Waals surface area contributed by atoms with Gasteiger partial charge in [0.25, 0.3) is 5.91 Å². The predicted octanol–water partition coefficient (Wildman–Crippen LogP) is 2.42. The minimum absolute atomic E-state index is 0.0660. The number of nitrogen functional groups attached to an aromatic ring is 1. The lowest BCUT2D eigenvalue weighted by Crippen LogP contribution is -2.21. The molecule has 0 bridgehead atoms.